The van der Waals surface area contributed by atoms with Gasteiger partial charge in [-0.2, -0.15) is 4.98 Å². The molecule has 1 atom stereocenters. The summed E-state index contributed by atoms with van der Waals surface area (Å²) in [6.45, 7) is 1.80. The van der Waals surface area contributed by atoms with Gasteiger partial charge in [-0.1, -0.05) is 41.6 Å². The number of benzene rings is 3. The fraction of sp³-hybridized carbons (Fsp3) is 0.300. The Balaban J connectivity index is 1.18. The molecule has 0 bridgehead atoms. The van der Waals surface area contributed by atoms with Gasteiger partial charge >= 0.3 is 12.3 Å². The minimum absolute atomic E-state index is 0.206. The molecule has 1 heterocycles. The first-order valence-electron chi connectivity index (χ1n) is 13.1. The fourth-order valence-electron chi connectivity index (χ4n) is 5.63. The molecule has 7 nitrogen and oxygen atoms in total. The van der Waals surface area contributed by atoms with Crippen LogP contribution in [-0.2, 0) is 11.2 Å². The monoisotopic (exact) mass is 549 g/mol. The molecule has 10 heteroatoms. The second-order valence-electron chi connectivity index (χ2n) is 10.4. The molecule has 206 valence electrons. The van der Waals surface area contributed by atoms with Gasteiger partial charge in [-0.25, -0.2) is 0 Å². The lowest BCUT2D eigenvalue weighted by Gasteiger charge is -2.35. The Labute approximate surface area is 228 Å². The van der Waals surface area contributed by atoms with Crippen molar-refractivity contribution in [1.29, 1.82) is 0 Å². The first-order chi connectivity index (χ1) is 19.1. The van der Waals surface area contributed by atoms with Crippen LogP contribution in [0.25, 0.3) is 34.0 Å². The summed E-state index contributed by atoms with van der Waals surface area (Å²) in [5.74, 6) is -0.476. The van der Waals surface area contributed by atoms with Gasteiger partial charge in [0.05, 0.1) is 5.92 Å². The Morgan fingerprint density at radius 2 is 1.82 bits per heavy atom. The smallest absolute Gasteiger partial charge is 0.481 e. The molecule has 40 heavy (non-hydrogen) atoms. The number of aromatic nitrogens is 2. The van der Waals surface area contributed by atoms with E-state index in [1.807, 2.05) is 6.07 Å². The van der Waals surface area contributed by atoms with Crippen molar-refractivity contribution < 1.29 is 32.3 Å². The Morgan fingerprint density at radius 1 is 1.05 bits per heavy atom. The molecule has 0 aliphatic heterocycles. The highest BCUT2D eigenvalue weighted by Crippen LogP contribution is 2.39. The van der Waals surface area contributed by atoms with Crippen molar-refractivity contribution in [2.75, 3.05) is 0 Å². The molecule has 3 aromatic carbocycles. The number of alkyl halides is 3. The molecule has 0 saturated heterocycles. The normalized spacial score (nSPS) is 20.1. The summed E-state index contributed by atoms with van der Waals surface area (Å²) < 4.78 is 48.4. The second kappa shape index (κ2) is 10.1. The Bertz CT molecular complexity index is 1580. The molecule has 2 N–H and O–H groups in total. The van der Waals surface area contributed by atoms with Crippen molar-refractivity contribution in [3.05, 3.63) is 77.4 Å². The van der Waals surface area contributed by atoms with E-state index in [1.54, 1.807) is 37.3 Å². The minimum Gasteiger partial charge on any atom is -0.481 e. The number of nitrogens with one attached hydrogen (secondary N) is 1. The zero-order chi connectivity index (χ0) is 28.0. The SMILES string of the molecule is Cc1cc(-c2nc(-c3ccc4c(c3)CCC4N[C@H]3C[C@H](C(=O)O)C3)no2)ccc1-c1ccccc1OC(F)(F)F. The maximum atomic E-state index is 12.9. The number of carboxylic acids is 1. The molecule has 2 aliphatic carbocycles. The van der Waals surface area contributed by atoms with E-state index in [0.717, 1.165) is 24.0 Å². The molecule has 1 fully saturated rings. The standard InChI is InChI=1S/C30H26F3N3O4/c1-16-12-19(7-9-22(16)24-4-2-3-5-26(24)39-30(31,32)33)28-35-27(36-40-28)18-6-10-23-17(13-18)8-11-25(23)34-21-14-20(15-21)29(37)38/h2-7,9-10,12-13,20-21,25,34H,8,11,14-15H2,1H3,(H,37,38)/t20-,21-,25?. The van der Waals surface area contributed by atoms with E-state index < -0.39 is 12.3 Å². The van der Waals surface area contributed by atoms with Crippen molar-refractivity contribution in [3.63, 3.8) is 0 Å². The van der Waals surface area contributed by atoms with E-state index >= 15 is 0 Å². The number of nitrogens with zero attached hydrogens (tertiary/aromatic N) is 2. The Morgan fingerprint density at radius 3 is 2.58 bits per heavy atom. The van der Waals surface area contributed by atoms with Crippen LogP contribution in [0.2, 0.25) is 0 Å². The second-order valence-corrected chi connectivity index (χ2v) is 10.4. The van der Waals surface area contributed by atoms with Gasteiger partial charge in [0.25, 0.3) is 5.89 Å². The number of hydrogen-bond donors (Lipinski definition) is 2. The van der Waals surface area contributed by atoms with Crippen molar-refractivity contribution in [2.24, 2.45) is 5.92 Å². The summed E-state index contributed by atoms with van der Waals surface area (Å²) in [4.78, 5) is 15.7. The zero-order valence-corrected chi connectivity index (χ0v) is 21.5. The van der Waals surface area contributed by atoms with Crippen LogP contribution in [0.5, 0.6) is 5.75 Å². The van der Waals surface area contributed by atoms with Crippen molar-refractivity contribution >= 4 is 5.97 Å². The van der Waals surface area contributed by atoms with Crippen LogP contribution in [0.3, 0.4) is 0 Å². The predicted octanol–water partition coefficient (Wildman–Crippen LogP) is 6.72. The van der Waals surface area contributed by atoms with E-state index in [0.29, 0.717) is 41.2 Å². The maximum absolute atomic E-state index is 12.9. The van der Waals surface area contributed by atoms with E-state index in [9.17, 15) is 18.0 Å². The van der Waals surface area contributed by atoms with Gasteiger partial charge in [0.2, 0.25) is 5.82 Å². The molecule has 1 saturated carbocycles. The summed E-state index contributed by atoms with van der Waals surface area (Å²) in [6.07, 6.45) is -1.60. The predicted molar refractivity (Wildman–Crippen MR) is 140 cm³/mol. The number of carbonyl (C=O) groups is 1. The highest BCUT2D eigenvalue weighted by atomic mass is 19.4. The third kappa shape index (κ3) is 5.19. The number of para-hydroxylation sites is 1. The molecular weight excluding hydrogens is 523 g/mol. The number of aryl methyl sites for hydroxylation is 2. The fourth-order valence-corrected chi connectivity index (χ4v) is 5.63. The lowest BCUT2D eigenvalue weighted by atomic mass is 9.80. The third-order valence-corrected chi connectivity index (χ3v) is 7.71. The van der Waals surface area contributed by atoms with Gasteiger partial charge in [0, 0.05) is 28.8 Å². The van der Waals surface area contributed by atoms with Crippen LogP contribution >= 0.6 is 0 Å². The number of rotatable bonds is 7. The van der Waals surface area contributed by atoms with E-state index in [-0.39, 0.29) is 23.8 Å². The molecular formula is C30H26F3N3O4. The molecule has 2 aliphatic rings. The number of hydrogen-bond acceptors (Lipinski definition) is 6. The van der Waals surface area contributed by atoms with Crippen LogP contribution in [0, 0.1) is 12.8 Å². The average molecular weight is 550 g/mol. The van der Waals surface area contributed by atoms with Crippen molar-refractivity contribution in [3.8, 4) is 39.7 Å². The number of fused-ring (bicyclic) bond motifs is 1. The summed E-state index contributed by atoms with van der Waals surface area (Å²) in [6, 6.07) is 17.8. The molecule has 0 radical (unpaired) electrons. The van der Waals surface area contributed by atoms with Crippen molar-refractivity contribution in [2.45, 2.75) is 51.1 Å². The molecule has 0 amide bonds. The van der Waals surface area contributed by atoms with Gasteiger partial charge < -0.3 is 19.7 Å². The number of halogens is 3. The van der Waals surface area contributed by atoms with Crippen LogP contribution in [0.4, 0.5) is 13.2 Å². The zero-order valence-electron chi connectivity index (χ0n) is 21.5. The van der Waals surface area contributed by atoms with Gasteiger partial charge in [0.15, 0.2) is 0 Å². The van der Waals surface area contributed by atoms with Crippen LogP contribution in [0.1, 0.15) is 42.0 Å². The average Bonchev–Trinajstić information content (AvgIpc) is 3.52. The Kier molecular flexibility index (Phi) is 6.58. The highest BCUT2D eigenvalue weighted by Gasteiger charge is 2.37. The molecule has 4 aromatic rings. The first kappa shape index (κ1) is 26.1. The quantitative estimate of drug-likeness (QED) is 0.264. The summed E-state index contributed by atoms with van der Waals surface area (Å²) in [7, 11) is 0. The van der Waals surface area contributed by atoms with E-state index in [2.05, 4.69) is 32.3 Å². The van der Waals surface area contributed by atoms with Crippen LogP contribution in [0.15, 0.2) is 65.2 Å². The lowest BCUT2D eigenvalue weighted by molar-refractivity contribution is -0.274. The van der Waals surface area contributed by atoms with Gasteiger partial charge in [-0.05, 0) is 79.1 Å². The highest BCUT2D eigenvalue weighted by molar-refractivity contribution is 5.76. The topological polar surface area (TPSA) is 97.5 Å². The van der Waals surface area contributed by atoms with Crippen LogP contribution < -0.4 is 10.1 Å². The number of aliphatic carboxylic acids is 1. The molecule has 0 spiro atoms. The first-order valence-corrected chi connectivity index (χ1v) is 13.1. The van der Waals surface area contributed by atoms with Crippen LogP contribution in [-0.4, -0.2) is 33.6 Å². The molecule has 1 aromatic heterocycles. The summed E-state index contributed by atoms with van der Waals surface area (Å²) in [5, 5.41) is 16.9. The largest absolute Gasteiger partial charge is 0.573 e. The van der Waals surface area contributed by atoms with Gasteiger partial charge in [-0.3, -0.25) is 4.79 Å². The van der Waals surface area contributed by atoms with E-state index in [4.69, 9.17) is 9.63 Å². The summed E-state index contributed by atoms with van der Waals surface area (Å²) in [5.41, 5.74) is 5.57. The van der Waals surface area contributed by atoms with Gasteiger partial charge in [0.1, 0.15) is 5.75 Å². The molecule has 6 rings (SSSR count). The maximum Gasteiger partial charge on any atom is 0.573 e. The number of carboxylic acid groups (broad SMARTS) is 1. The van der Waals surface area contributed by atoms with Crippen molar-refractivity contribution in [1.82, 2.24) is 15.5 Å². The van der Waals surface area contributed by atoms with E-state index in [1.165, 1.54) is 23.3 Å². The number of ether oxygens (including phenoxy) is 1. The third-order valence-electron chi connectivity index (χ3n) is 7.71. The summed E-state index contributed by atoms with van der Waals surface area (Å²) >= 11 is 0. The molecule has 1 unspecified atom stereocenters. The minimum atomic E-state index is -4.79. The lowest BCUT2D eigenvalue weighted by Crippen LogP contribution is -2.45. The Hall–Kier alpha value is -4.18. The van der Waals surface area contributed by atoms with Gasteiger partial charge in [-0.15, -0.1) is 13.2 Å².